The van der Waals surface area contributed by atoms with Crippen molar-refractivity contribution in [1.82, 2.24) is 0 Å². The zero-order valence-corrected chi connectivity index (χ0v) is 81.5. The summed E-state index contributed by atoms with van der Waals surface area (Å²) in [6.45, 7) is 19.4. The Morgan fingerprint density at radius 1 is 0.316 bits per heavy atom. The Labute approximate surface area is 776 Å². The Balaban J connectivity index is -0.000000126. The van der Waals surface area contributed by atoms with Gasteiger partial charge in [-0.3, -0.25) is 33.6 Å². The third-order valence-corrected chi connectivity index (χ3v) is 19.0. The molecule has 114 heavy (non-hydrogen) atoms. The fraction of sp³-hybridized carbons (Fsp3) is 0.871. The zero-order chi connectivity index (χ0) is 83.7. The van der Waals surface area contributed by atoms with Crippen LogP contribution in [0.3, 0.4) is 0 Å². The van der Waals surface area contributed by atoms with Crippen LogP contribution in [0.2, 0.25) is 0 Å². The van der Waals surface area contributed by atoms with E-state index < -0.39 is 0 Å². The van der Waals surface area contributed by atoms with Gasteiger partial charge in [0.1, 0.15) is 26.4 Å². The summed E-state index contributed by atoms with van der Waals surface area (Å²) in [5.41, 5.74) is 0. The third kappa shape index (κ3) is 157. The summed E-state index contributed by atoms with van der Waals surface area (Å²) in [5, 5.41) is 8.57. The number of halogens is 7. The zero-order valence-electron chi connectivity index (χ0n) is 71.7. The van der Waals surface area contributed by atoms with Crippen molar-refractivity contribution in [3.63, 3.8) is 0 Å². The first-order chi connectivity index (χ1) is 54.0. The van der Waals surface area contributed by atoms with Crippen LogP contribution < -0.4 is 29.6 Å². The molecule has 0 fully saturated rings. The van der Waals surface area contributed by atoms with Crippen LogP contribution in [0, 0.1) is 0 Å². The van der Waals surface area contributed by atoms with Crippen molar-refractivity contribution in [1.29, 1.82) is 0 Å². The first-order valence-corrected chi connectivity index (χ1v) is 47.5. The molecule has 0 unspecified atom stereocenters. The molecular weight excluding hydrogens is 1690 g/mol. The maximum atomic E-state index is 10.9. The van der Waals surface area contributed by atoms with Gasteiger partial charge in [0, 0.05) is 52.6 Å². The van der Waals surface area contributed by atoms with E-state index in [9.17, 15) is 33.6 Å². The average molecular weight is 1860 g/mol. The fourth-order valence-electron chi connectivity index (χ4n) is 9.60. The Hall–Kier alpha value is 1.20. The van der Waals surface area contributed by atoms with E-state index in [1.54, 1.807) is 6.92 Å². The Bertz CT molecular complexity index is 1870. The molecule has 0 radical (unpaired) electrons. The van der Waals surface area contributed by atoms with Crippen LogP contribution in [-0.2, 0) is 76.2 Å². The van der Waals surface area contributed by atoms with Gasteiger partial charge in [0.25, 0.3) is 0 Å². The Morgan fingerprint density at radius 3 is 0.684 bits per heavy atom. The number of Topliss-reactive ketones (excluding diaryl/α,β-unsaturated/α-hetero) is 5. The van der Waals surface area contributed by atoms with E-state index in [0.29, 0.717) is 59.5 Å². The van der Waals surface area contributed by atoms with Crippen LogP contribution in [0.25, 0.3) is 0 Å². The third-order valence-electron chi connectivity index (χ3n) is 15.7. The summed E-state index contributed by atoms with van der Waals surface area (Å²) in [6, 6.07) is 0. The van der Waals surface area contributed by atoms with Gasteiger partial charge in [-0.15, -0.1) is 108 Å². The monoisotopic (exact) mass is 1850 g/mol. The number of aliphatic hydroxyl groups is 1. The van der Waals surface area contributed by atoms with Crippen LogP contribution >= 0.6 is 132 Å². The van der Waals surface area contributed by atoms with Crippen LogP contribution in [-0.4, -0.2) is 222 Å². The number of alkyl halides is 6. The average Bonchev–Trinajstić information content (AvgIpc) is 1.25. The molecule has 29 heteroatoms. The molecule has 0 aliphatic rings. The van der Waals surface area contributed by atoms with E-state index in [2.05, 4.69) is 51.0 Å². The van der Waals surface area contributed by atoms with Gasteiger partial charge < -0.3 is 49.2 Å². The molecule has 0 amide bonds. The van der Waals surface area contributed by atoms with E-state index >= 15 is 0 Å². The van der Waals surface area contributed by atoms with E-state index in [4.69, 9.17) is 117 Å². The smallest absolute Gasteiger partial charge is 1.00 e. The number of ketones is 5. The Morgan fingerprint density at radius 2 is 0.500 bits per heavy atom. The molecule has 0 saturated carbocycles. The number of carbonyl (C=O) groups is 7. The van der Waals surface area contributed by atoms with Crippen molar-refractivity contribution in [2.24, 2.45) is 0 Å². The van der Waals surface area contributed by atoms with Crippen molar-refractivity contribution >= 4 is 171 Å². The SMILES string of the molecule is C.C=CCCCCCCCCCOCCO.C=CCCCCCCCCCOCCOCC(=O)CCl.CC(=O)S.CC(=O)SCCCCCCCCCCCOCCOCC(=O)CCl.Cl.O=C(CCl)CCl.O=C(CCl)COCCOCCCCCCCCCCCS.O=C(CCl)COCCOCCCCCCCCCCCS.[H-].[Na+]. The minimum absolute atomic E-state index is 0. The van der Waals surface area contributed by atoms with Gasteiger partial charge in [-0.25, -0.2) is 0 Å². The molecule has 0 heterocycles. The first kappa shape index (κ1) is 136. The Kier molecular flexibility index (Phi) is 157. The second-order valence-corrected chi connectivity index (χ2v) is 30.8. The molecule has 0 aromatic carbocycles. The van der Waals surface area contributed by atoms with Gasteiger partial charge in [-0.1, -0.05) is 230 Å². The minimum atomic E-state index is -0.139. The number of thiol groups is 3. The molecule has 0 atom stereocenters. The number of hydrogen-bond donors (Lipinski definition) is 4. The number of rotatable bonds is 82. The summed E-state index contributed by atoms with van der Waals surface area (Å²) in [4.78, 5) is 73.4. The molecule has 0 saturated heterocycles. The van der Waals surface area contributed by atoms with Gasteiger partial charge in [0.05, 0.1) is 101 Å². The van der Waals surface area contributed by atoms with Crippen LogP contribution in [0.4, 0.5) is 0 Å². The molecule has 0 aliphatic heterocycles. The molecule has 0 aliphatic carbocycles. The van der Waals surface area contributed by atoms with E-state index in [1.807, 2.05) is 12.2 Å². The van der Waals surface area contributed by atoms with Gasteiger partial charge in [0.2, 0.25) is 0 Å². The van der Waals surface area contributed by atoms with Gasteiger partial charge in [-0.05, 0) is 88.6 Å². The number of unbranched alkanes of at least 4 members (excludes halogenated alkanes) is 38. The number of hydrogen-bond acceptors (Lipinski definition) is 20. The molecule has 17 nitrogen and oxygen atoms in total. The van der Waals surface area contributed by atoms with Crippen molar-refractivity contribution in [2.75, 3.05) is 178 Å². The predicted molar refractivity (Wildman–Crippen MR) is 498 cm³/mol. The summed E-state index contributed by atoms with van der Waals surface area (Å²) >= 11 is 44.6. The molecule has 0 aromatic heterocycles. The van der Waals surface area contributed by atoms with Crippen LogP contribution in [0.1, 0.15) is 299 Å². The van der Waals surface area contributed by atoms with E-state index in [-0.39, 0.29) is 158 Å². The van der Waals surface area contributed by atoms with Crippen molar-refractivity contribution in [3.8, 4) is 0 Å². The summed E-state index contributed by atoms with van der Waals surface area (Å²) in [5.74, 6) is 2.70. The summed E-state index contributed by atoms with van der Waals surface area (Å²) in [6.07, 6.45) is 58.7. The van der Waals surface area contributed by atoms with Gasteiger partial charge >= 0.3 is 29.6 Å². The molecule has 1 N–H and O–H groups in total. The molecule has 0 spiro atoms. The van der Waals surface area contributed by atoms with Gasteiger partial charge in [-0.2, -0.15) is 25.3 Å². The largest absolute Gasteiger partial charge is 1.00 e. The number of carbonyl (C=O) groups excluding carboxylic acids is 7. The second kappa shape index (κ2) is 132. The maximum Gasteiger partial charge on any atom is 1.00 e. The van der Waals surface area contributed by atoms with Gasteiger partial charge in [0.15, 0.2) is 39.1 Å². The normalized spacial score (nSPS) is 10.2. The quantitative estimate of drug-likeness (QED) is 0.0146. The summed E-state index contributed by atoms with van der Waals surface area (Å²) < 4.78 is 47.4. The molecule has 0 rings (SSSR count). The molecule has 0 aromatic rings. The van der Waals surface area contributed by atoms with Crippen molar-refractivity contribution < 1.29 is 112 Å². The number of allylic oxidation sites excluding steroid dienone is 2. The minimum Gasteiger partial charge on any atom is -1.00 e. The fourth-order valence-corrected chi connectivity index (χ4v) is 11.3. The second-order valence-electron chi connectivity index (χ2n) is 26.4. The number of ether oxygens (including phenoxy) is 9. The number of thioether (sulfide) groups is 1. The van der Waals surface area contributed by atoms with E-state index in [1.165, 1.54) is 243 Å². The van der Waals surface area contributed by atoms with Crippen LogP contribution in [0.15, 0.2) is 25.3 Å². The predicted octanol–water partition coefficient (Wildman–Crippen LogP) is 20.3. The number of aliphatic hydroxyl groups excluding tert-OH is 1. The molecule has 0 bridgehead atoms. The summed E-state index contributed by atoms with van der Waals surface area (Å²) in [7, 11) is 0. The molecule has 680 valence electrons. The topological polar surface area (TPSA) is 223 Å². The standard InChI is InChI=1S/C18H33ClO4S.2C16H31ClO3S.C16H29ClO3.C13H26O2.C3H4Cl2O.C2H4OS.CH4.ClH.Na.H/c1-17(20)24-14-10-8-6-4-2-3-5-7-9-11-22-12-13-23-16-18(21)15-19;2*17-14-16(18)15-20-12-11-19-10-8-6-4-2-1-3-5-7-9-13-21;1-2-3-4-5-6-7-8-9-10-11-19-12-13-20-15-16(18)14-17;1-2-3-4-5-6-7-8-9-10-12-15-13-11-14;4-1-3(6)2-5;1-2(3)4;;;;/h2-16H2,1H3;2*21H,1-15H2;2H,1,3-15H2;2,14H,1,3-13H2;1-2H2;1H3,(H,3,4);1H4;1H;;/q;;;;;;;;;+1;-1. The first-order valence-electron chi connectivity index (χ1n) is 41.6. The van der Waals surface area contributed by atoms with Crippen LogP contribution in [0.5, 0.6) is 0 Å². The maximum absolute atomic E-state index is 10.9. The molecular formula is C85H164Cl7NaO17S4. The van der Waals surface area contributed by atoms with E-state index in [0.717, 1.165) is 102 Å². The van der Waals surface area contributed by atoms with Crippen molar-refractivity contribution in [2.45, 2.75) is 297 Å². The van der Waals surface area contributed by atoms with Crippen molar-refractivity contribution in [3.05, 3.63) is 25.3 Å².